The average molecular weight is 385 g/mol. The molecule has 9 heteroatoms. The Morgan fingerprint density at radius 2 is 1.88 bits per heavy atom. The molecule has 0 aliphatic rings. The summed E-state index contributed by atoms with van der Waals surface area (Å²) < 4.78 is 33.5. The highest BCUT2D eigenvalue weighted by Gasteiger charge is 2.16. The van der Waals surface area contributed by atoms with Crippen LogP contribution < -0.4 is 19.9 Å². The molecule has 2 rings (SSSR count). The molecule has 0 heterocycles. The summed E-state index contributed by atoms with van der Waals surface area (Å²) in [7, 11) is -2.66. The van der Waals surface area contributed by atoms with Gasteiger partial charge >= 0.3 is 0 Å². The van der Waals surface area contributed by atoms with Gasteiger partial charge in [0, 0.05) is 10.7 Å². The molecule has 2 aromatic carbocycles. The van der Waals surface area contributed by atoms with E-state index in [1.54, 1.807) is 25.1 Å². The monoisotopic (exact) mass is 384 g/mol. The second-order valence-electron chi connectivity index (χ2n) is 5.16. The second kappa shape index (κ2) is 7.73. The first-order valence-corrected chi connectivity index (χ1v) is 9.03. The molecule has 0 bridgehead atoms. The molecular weight excluding hydrogens is 368 g/mol. The third kappa shape index (κ3) is 5.09. The van der Waals surface area contributed by atoms with Crippen LogP contribution in [0.5, 0.6) is 11.5 Å². The Bertz CT molecular complexity index is 899. The van der Waals surface area contributed by atoms with Gasteiger partial charge < -0.3 is 14.8 Å². The number of carbonyl (C=O) groups excluding carboxylic acids is 1. The first-order chi connectivity index (χ1) is 11.7. The highest BCUT2D eigenvalue weighted by molar-refractivity contribution is 7.89. The Labute approximate surface area is 150 Å². The molecule has 0 unspecified atom stereocenters. The van der Waals surface area contributed by atoms with Crippen molar-refractivity contribution in [2.75, 3.05) is 19.0 Å². The van der Waals surface area contributed by atoms with Crippen LogP contribution in [0, 0.1) is 6.92 Å². The quantitative estimate of drug-likeness (QED) is 0.794. The van der Waals surface area contributed by atoms with Gasteiger partial charge in [0.15, 0.2) is 6.61 Å². The predicted molar refractivity (Wildman–Crippen MR) is 94.7 cm³/mol. The number of hydrogen-bond donors (Lipinski definition) is 2. The van der Waals surface area contributed by atoms with E-state index in [4.69, 9.17) is 26.2 Å². The number of benzene rings is 2. The summed E-state index contributed by atoms with van der Waals surface area (Å²) in [4.78, 5) is 11.8. The number of sulfonamides is 1. The fraction of sp³-hybridized carbons (Fsp3) is 0.188. The summed E-state index contributed by atoms with van der Waals surface area (Å²) in [5.41, 5.74) is 1.05. The van der Waals surface area contributed by atoms with Gasteiger partial charge in [-0.15, -0.1) is 0 Å². The van der Waals surface area contributed by atoms with Gasteiger partial charge in [-0.25, -0.2) is 13.6 Å². The maximum atomic E-state index is 12.0. The van der Waals surface area contributed by atoms with Gasteiger partial charge in [0.2, 0.25) is 10.0 Å². The molecular formula is C16H17ClN2O5S. The molecule has 0 fully saturated rings. The van der Waals surface area contributed by atoms with Gasteiger partial charge in [-0.05, 0) is 48.9 Å². The molecule has 0 radical (unpaired) electrons. The molecule has 3 N–H and O–H groups in total. The zero-order valence-corrected chi connectivity index (χ0v) is 15.1. The largest absolute Gasteiger partial charge is 0.495 e. The number of amides is 1. The van der Waals surface area contributed by atoms with Crippen LogP contribution in [0.4, 0.5) is 5.69 Å². The number of ether oxygens (including phenoxy) is 2. The lowest BCUT2D eigenvalue weighted by Gasteiger charge is -2.12. The van der Waals surface area contributed by atoms with E-state index in [1.165, 1.54) is 25.3 Å². The first kappa shape index (κ1) is 19.0. The van der Waals surface area contributed by atoms with Gasteiger partial charge in [0.25, 0.3) is 5.91 Å². The van der Waals surface area contributed by atoms with Crippen molar-refractivity contribution in [2.45, 2.75) is 11.8 Å². The summed E-state index contributed by atoms with van der Waals surface area (Å²) >= 11 is 5.86. The average Bonchev–Trinajstić information content (AvgIpc) is 2.53. The number of hydrogen-bond acceptors (Lipinski definition) is 5. The maximum Gasteiger partial charge on any atom is 0.262 e. The van der Waals surface area contributed by atoms with E-state index in [-0.39, 0.29) is 22.9 Å². The number of nitrogens with two attached hydrogens (primary N) is 1. The Hall–Kier alpha value is -2.29. The molecule has 0 atom stereocenters. The Morgan fingerprint density at radius 1 is 1.20 bits per heavy atom. The summed E-state index contributed by atoms with van der Waals surface area (Å²) in [5, 5.41) is 8.25. The van der Waals surface area contributed by atoms with Crippen molar-refractivity contribution in [3.8, 4) is 11.5 Å². The Balaban J connectivity index is 2.08. The van der Waals surface area contributed by atoms with Crippen LogP contribution in [-0.4, -0.2) is 28.0 Å². The Morgan fingerprint density at radius 3 is 2.48 bits per heavy atom. The van der Waals surface area contributed by atoms with Gasteiger partial charge in [-0.3, -0.25) is 4.79 Å². The predicted octanol–water partition coefficient (Wildman–Crippen LogP) is 2.32. The summed E-state index contributed by atoms with van der Waals surface area (Å²) in [6.07, 6.45) is 0. The number of nitrogens with one attached hydrogen (secondary N) is 1. The summed E-state index contributed by atoms with van der Waals surface area (Å²) in [5.74, 6) is 0.160. The molecule has 134 valence electrons. The van der Waals surface area contributed by atoms with Gasteiger partial charge in [0.05, 0.1) is 7.11 Å². The van der Waals surface area contributed by atoms with E-state index in [0.29, 0.717) is 10.8 Å². The minimum absolute atomic E-state index is 0.0912. The van der Waals surface area contributed by atoms with E-state index in [1.807, 2.05) is 0 Å². The molecule has 1 amide bonds. The molecule has 0 aliphatic carbocycles. The van der Waals surface area contributed by atoms with Crippen LogP contribution >= 0.6 is 11.6 Å². The number of rotatable bonds is 6. The van der Waals surface area contributed by atoms with Crippen molar-refractivity contribution in [3.63, 3.8) is 0 Å². The van der Waals surface area contributed by atoms with Crippen LogP contribution in [-0.2, 0) is 14.8 Å². The number of methoxy groups -OCH3 is 1. The number of primary sulfonamides is 1. The highest BCUT2D eigenvalue weighted by Crippen LogP contribution is 2.26. The second-order valence-corrected chi connectivity index (χ2v) is 7.12. The van der Waals surface area contributed by atoms with Crippen molar-refractivity contribution in [2.24, 2.45) is 5.14 Å². The summed E-state index contributed by atoms with van der Waals surface area (Å²) in [6.45, 7) is 1.56. The van der Waals surface area contributed by atoms with Crippen molar-refractivity contribution in [1.29, 1.82) is 0 Å². The molecule has 0 saturated carbocycles. The lowest BCUT2D eigenvalue weighted by Crippen LogP contribution is -2.21. The SMILES string of the molecule is COc1ccc(NC(=O)COc2ccc(Cl)cc2C)cc1S(N)(=O)=O. The van der Waals surface area contributed by atoms with E-state index >= 15 is 0 Å². The molecule has 0 aliphatic heterocycles. The summed E-state index contributed by atoms with van der Waals surface area (Å²) in [6, 6.07) is 9.16. The standard InChI is InChI=1S/C16H17ClN2O5S/c1-10-7-11(17)3-5-13(10)24-9-16(20)19-12-4-6-14(23-2)15(8-12)25(18,21)22/h3-8H,9H2,1-2H3,(H,19,20)(H2,18,21,22). The fourth-order valence-corrected chi connectivity index (χ4v) is 3.04. The zero-order chi connectivity index (χ0) is 18.6. The smallest absolute Gasteiger partial charge is 0.262 e. The highest BCUT2D eigenvalue weighted by atomic mass is 35.5. The van der Waals surface area contributed by atoms with Crippen molar-refractivity contribution in [1.82, 2.24) is 0 Å². The number of aryl methyl sites for hydroxylation is 1. The van der Waals surface area contributed by atoms with Crippen LogP contribution in [0.15, 0.2) is 41.3 Å². The molecule has 7 nitrogen and oxygen atoms in total. The molecule has 0 saturated heterocycles. The zero-order valence-electron chi connectivity index (χ0n) is 13.6. The maximum absolute atomic E-state index is 12.0. The van der Waals surface area contributed by atoms with Crippen LogP contribution in [0.1, 0.15) is 5.56 Å². The van der Waals surface area contributed by atoms with Crippen molar-refractivity contribution < 1.29 is 22.7 Å². The minimum Gasteiger partial charge on any atom is -0.495 e. The van der Waals surface area contributed by atoms with E-state index in [0.717, 1.165) is 5.56 Å². The molecule has 2 aromatic rings. The molecule has 0 aromatic heterocycles. The number of halogens is 1. The van der Waals surface area contributed by atoms with Crippen LogP contribution in [0.2, 0.25) is 5.02 Å². The van der Waals surface area contributed by atoms with Crippen molar-refractivity contribution >= 4 is 33.2 Å². The molecule has 25 heavy (non-hydrogen) atoms. The van der Waals surface area contributed by atoms with Gasteiger partial charge in [0.1, 0.15) is 16.4 Å². The lowest BCUT2D eigenvalue weighted by atomic mass is 10.2. The van der Waals surface area contributed by atoms with Crippen molar-refractivity contribution in [3.05, 3.63) is 47.0 Å². The normalized spacial score (nSPS) is 11.0. The van der Waals surface area contributed by atoms with Crippen LogP contribution in [0.25, 0.3) is 0 Å². The van der Waals surface area contributed by atoms with E-state index in [9.17, 15) is 13.2 Å². The number of carbonyl (C=O) groups is 1. The first-order valence-electron chi connectivity index (χ1n) is 7.10. The fourth-order valence-electron chi connectivity index (χ4n) is 2.09. The van der Waals surface area contributed by atoms with Crippen LogP contribution in [0.3, 0.4) is 0 Å². The van der Waals surface area contributed by atoms with Gasteiger partial charge in [-0.2, -0.15) is 0 Å². The minimum atomic E-state index is -3.99. The number of anilines is 1. The van der Waals surface area contributed by atoms with Gasteiger partial charge in [-0.1, -0.05) is 11.6 Å². The Kier molecular flexibility index (Phi) is 5.89. The third-order valence-electron chi connectivity index (χ3n) is 3.25. The lowest BCUT2D eigenvalue weighted by molar-refractivity contribution is -0.118. The third-order valence-corrected chi connectivity index (χ3v) is 4.42. The van der Waals surface area contributed by atoms with E-state index in [2.05, 4.69) is 5.32 Å². The topological polar surface area (TPSA) is 108 Å². The molecule has 0 spiro atoms. The van der Waals surface area contributed by atoms with E-state index < -0.39 is 15.9 Å².